The highest BCUT2D eigenvalue weighted by Crippen LogP contribution is 2.35. The molecule has 0 bridgehead atoms. The van der Waals surface area contributed by atoms with Crippen LogP contribution in [0.4, 0.5) is 5.95 Å². The number of amides is 1. The van der Waals surface area contributed by atoms with Gasteiger partial charge in [0.15, 0.2) is 0 Å². The molecule has 2 fully saturated rings. The summed E-state index contributed by atoms with van der Waals surface area (Å²) in [5.41, 5.74) is 7.58. The number of benzene rings is 1. The second kappa shape index (κ2) is 6.34. The number of nitrogen functional groups attached to an aromatic ring is 1. The molecule has 2 saturated heterocycles. The number of anilines is 1. The largest absolute Gasteiger partial charge is 0.494 e. The lowest BCUT2D eigenvalue weighted by Gasteiger charge is -2.39. The molecule has 8 nitrogen and oxygen atoms in total. The van der Waals surface area contributed by atoms with Crippen LogP contribution in [0.15, 0.2) is 24.4 Å². The number of fused-ring (bicyclic) bond motifs is 3. The molecule has 0 aliphatic carbocycles. The van der Waals surface area contributed by atoms with Crippen molar-refractivity contribution in [3.8, 4) is 5.75 Å². The average molecular weight is 381 g/mol. The van der Waals surface area contributed by atoms with Gasteiger partial charge in [0.25, 0.3) is 5.91 Å². The fourth-order valence-corrected chi connectivity index (χ4v) is 4.51. The van der Waals surface area contributed by atoms with Gasteiger partial charge in [-0.25, -0.2) is 9.97 Å². The zero-order chi connectivity index (χ0) is 19.3. The molecular weight excluding hydrogens is 358 g/mol. The van der Waals surface area contributed by atoms with Crippen molar-refractivity contribution in [3.05, 3.63) is 30.1 Å². The third-order valence-electron chi connectivity index (χ3n) is 5.87. The third-order valence-corrected chi connectivity index (χ3v) is 5.87. The number of hydrogen-bond acceptors (Lipinski definition) is 6. The second-order valence-corrected chi connectivity index (χ2v) is 7.61. The van der Waals surface area contributed by atoms with Crippen LogP contribution in [0.3, 0.4) is 0 Å². The van der Waals surface area contributed by atoms with E-state index in [2.05, 4.69) is 9.97 Å². The zero-order valence-corrected chi connectivity index (χ0v) is 15.9. The van der Waals surface area contributed by atoms with Gasteiger partial charge in [0.05, 0.1) is 19.3 Å². The van der Waals surface area contributed by atoms with Crippen molar-refractivity contribution in [2.24, 2.45) is 0 Å². The summed E-state index contributed by atoms with van der Waals surface area (Å²) in [6.07, 6.45) is 5.72. The third kappa shape index (κ3) is 2.59. The van der Waals surface area contributed by atoms with Crippen molar-refractivity contribution in [2.45, 2.75) is 31.3 Å². The van der Waals surface area contributed by atoms with E-state index >= 15 is 0 Å². The molecule has 1 atom stereocenters. The highest BCUT2D eigenvalue weighted by atomic mass is 16.5. The van der Waals surface area contributed by atoms with E-state index in [1.165, 1.54) is 0 Å². The number of methoxy groups -OCH3 is 1. The summed E-state index contributed by atoms with van der Waals surface area (Å²) < 4.78 is 13.1. The maximum Gasteiger partial charge on any atom is 0.274 e. The Morgan fingerprint density at radius 1 is 1.29 bits per heavy atom. The fourth-order valence-electron chi connectivity index (χ4n) is 4.51. The normalized spacial score (nSPS) is 22.4. The lowest BCUT2D eigenvalue weighted by atomic mass is 9.90. The number of hydrogen-bond donors (Lipinski definition) is 1. The van der Waals surface area contributed by atoms with Gasteiger partial charge in [0, 0.05) is 24.7 Å². The second-order valence-electron chi connectivity index (χ2n) is 7.61. The standard InChI is InChI=1S/C20H23N5O3/c1-27-15-6-2-5-13-16(15)23-19(21)25-11-14(22-17(13)25)18(26)24-9-3-7-20(12-24)8-4-10-28-20/h2,5-6,11H,3-4,7-10,12H2,1H3,(H2,21,23). The molecule has 4 heterocycles. The molecule has 3 aromatic rings. The quantitative estimate of drug-likeness (QED) is 0.732. The minimum atomic E-state index is -0.173. The lowest BCUT2D eigenvalue weighted by molar-refractivity contribution is -0.0447. The number of ether oxygens (including phenoxy) is 2. The molecule has 1 unspecified atom stereocenters. The van der Waals surface area contributed by atoms with Gasteiger partial charge >= 0.3 is 0 Å². The van der Waals surface area contributed by atoms with E-state index in [0.717, 1.165) is 44.2 Å². The number of aromatic nitrogens is 3. The number of rotatable bonds is 2. The van der Waals surface area contributed by atoms with E-state index in [4.69, 9.17) is 15.2 Å². The van der Waals surface area contributed by atoms with Crippen LogP contribution in [0.5, 0.6) is 5.75 Å². The summed E-state index contributed by atoms with van der Waals surface area (Å²) in [5, 5.41) is 0.793. The van der Waals surface area contributed by atoms with E-state index in [-0.39, 0.29) is 17.5 Å². The van der Waals surface area contributed by atoms with Gasteiger partial charge in [-0.15, -0.1) is 0 Å². The number of carbonyl (C=O) groups excluding carboxylic acids is 1. The number of nitrogens with zero attached hydrogens (tertiary/aromatic N) is 4. The van der Waals surface area contributed by atoms with Gasteiger partial charge in [-0.2, -0.15) is 0 Å². The predicted molar refractivity (Wildman–Crippen MR) is 105 cm³/mol. The van der Waals surface area contributed by atoms with Crippen LogP contribution in [0.1, 0.15) is 36.2 Å². The van der Waals surface area contributed by atoms with Crippen LogP contribution in [0.2, 0.25) is 0 Å². The summed E-state index contributed by atoms with van der Waals surface area (Å²) in [4.78, 5) is 24.1. The van der Waals surface area contributed by atoms with Gasteiger partial charge in [-0.1, -0.05) is 6.07 Å². The van der Waals surface area contributed by atoms with E-state index in [9.17, 15) is 4.79 Å². The maximum absolute atomic E-state index is 13.2. The summed E-state index contributed by atoms with van der Waals surface area (Å²) >= 11 is 0. The van der Waals surface area contributed by atoms with Crippen LogP contribution in [0, 0.1) is 0 Å². The molecule has 2 aliphatic heterocycles. The van der Waals surface area contributed by atoms with Gasteiger partial charge in [-0.3, -0.25) is 9.20 Å². The Bertz CT molecular complexity index is 1070. The van der Waals surface area contributed by atoms with Crippen molar-refractivity contribution in [1.29, 1.82) is 0 Å². The summed E-state index contributed by atoms with van der Waals surface area (Å²) in [5.74, 6) is 0.806. The number of para-hydroxylation sites is 1. The number of likely N-dealkylation sites (tertiary alicyclic amines) is 1. The van der Waals surface area contributed by atoms with Crippen molar-refractivity contribution in [2.75, 3.05) is 32.5 Å². The minimum Gasteiger partial charge on any atom is -0.494 e. The molecule has 2 aromatic heterocycles. The monoisotopic (exact) mass is 381 g/mol. The first kappa shape index (κ1) is 17.2. The first-order valence-corrected chi connectivity index (χ1v) is 9.65. The van der Waals surface area contributed by atoms with Crippen molar-refractivity contribution in [1.82, 2.24) is 19.3 Å². The Hall–Kier alpha value is -2.87. The molecule has 1 spiro atoms. The lowest BCUT2D eigenvalue weighted by Crippen LogP contribution is -2.50. The molecule has 1 aromatic carbocycles. The van der Waals surface area contributed by atoms with Crippen LogP contribution in [-0.4, -0.2) is 57.6 Å². The highest BCUT2D eigenvalue weighted by molar-refractivity contribution is 5.99. The van der Waals surface area contributed by atoms with Crippen LogP contribution in [0.25, 0.3) is 16.6 Å². The minimum absolute atomic E-state index is 0.0891. The summed E-state index contributed by atoms with van der Waals surface area (Å²) in [6, 6.07) is 5.61. The summed E-state index contributed by atoms with van der Waals surface area (Å²) in [6.45, 7) is 2.13. The van der Waals surface area contributed by atoms with Gasteiger partial charge in [-0.05, 0) is 37.8 Å². The first-order valence-electron chi connectivity index (χ1n) is 9.65. The van der Waals surface area contributed by atoms with E-state index < -0.39 is 0 Å². The van der Waals surface area contributed by atoms with Gasteiger partial charge < -0.3 is 20.1 Å². The molecular formula is C20H23N5O3. The Morgan fingerprint density at radius 2 is 2.14 bits per heavy atom. The molecule has 0 radical (unpaired) electrons. The number of carbonyl (C=O) groups is 1. The molecule has 0 saturated carbocycles. The van der Waals surface area contributed by atoms with Crippen LogP contribution < -0.4 is 10.5 Å². The van der Waals surface area contributed by atoms with Gasteiger partial charge in [0.1, 0.15) is 22.6 Å². The molecule has 2 N–H and O–H groups in total. The Morgan fingerprint density at radius 3 is 2.93 bits per heavy atom. The van der Waals surface area contributed by atoms with Crippen molar-refractivity contribution >= 4 is 28.4 Å². The number of nitrogens with two attached hydrogens (primary N) is 1. The van der Waals surface area contributed by atoms with Crippen LogP contribution >= 0.6 is 0 Å². The number of imidazole rings is 1. The SMILES string of the molecule is COc1cccc2c1nc(N)n1cc(C(=O)N3CCCC4(CCCO4)C3)nc21. The molecule has 1 amide bonds. The zero-order valence-electron chi connectivity index (χ0n) is 15.9. The number of piperidine rings is 1. The first-order chi connectivity index (χ1) is 13.6. The van der Waals surface area contributed by atoms with Crippen LogP contribution in [-0.2, 0) is 4.74 Å². The fraction of sp³-hybridized carbons (Fsp3) is 0.450. The molecule has 5 rings (SSSR count). The predicted octanol–water partition coefficient (Wildman–Crippen LogP) is 2.26. The Kier molecular flexibility index (Phi) is 3.90. The van der Waals surface area contributed by atoms with E-state index in [0.29, 0.717) is 29.2 Å². The Balaban J connectivity index is 1.55. The average Bonchev–Trinajstić information content (AvgIpc) is 3.35. The molecule has 8 heteroatoms. The molecule has 2 aliphatic rings. The Labute approximate surface area is 162 Å². The van der Waals surface area contributed by atoms with Crippen molar-refractivity contribution in [3.63, 3.8) is 0 Å². The topological polar surface area (TPSA) is 95.0 Å². The molecule has 146 valence electrons. The summed E-state index contributed by atoms with van der Waals surface area (Å²) in [7, 11) is 1.59. The van der Waals surface area contributed by atoms with Crippen molar-refractivity contribution < 1.29 is 14.3 Å². The highest BCUT2D eigenvalue weighted by Gasteiger charge is 2.41. The van der Waals surface area contributed by atoms with Gasteiger partial charge in [0.2, 0.25) is 5.95 Å². The van der Waals surface area contributed by atoms with E-state index in [1.54, 1.807) is 17.7 Å². The van der Waals surface area contributed by atoms with E-state index in [1.807, 2.05) is 23.1 Å². The molecule has 28 heavy (non-hydrogen) atoms. The smallest absolute Gasteiger partial charge is 0.274 e. The maximum atomic E-state index is 13.2.